The summed E-state index contributed by atoms with van der Waals surface area (Å²) in [5.41, 5.74) is 5.71. The van der Waals surface area contributed by atoms with Crippen LogP contribution in [-0.2, 0) is 19.2 Å². The highest BCUT2D eigenvalue weighted by atomic mass is 35.5. The molecule has 0 aromatic heterocycles. The van der Waals surface area contributed by atoms with Gasteiger partial charge in [0.2, 0.25) is 5.91 Å². The normalized spacial score (nSPS) is 15.9. The molecule has 3 amide bonds. The largest absolute Gasteiger partial charge is 0.479 e. The first-order chi connectivity index (χ1) is 14.5. The first-order valence-electron chi connectivity index (χ1n) is 10.1. The van der Waals surface area contributed by atoms with Crippen molar-refractivity contribution in [3.05, 3.63) is 28.8 Å². The van der Waals surface area contributed by atoms with Crippen LogP contribution in [0.1, 0.15) is 59.4 Å². The Morgan fingerprint density at radius 3 is 2.52 bits per heavy atom. The zero-order chi connectivity index (χ0) is 23.2. The molecule has 0 spiro atoms. The van der Waals surface area contributed by atoms with E-state index in [2.05, 4.69) is 21.3 Å². The Morgan fingerprint density at radius 1 is 1.26 bits per heavy atom. The highest BCUT2D eigenvalue weighted by Gasteiger charge is 2.25. The minimum absolute atomic E-state index is 0.125. The molecule has 3 N–H and O–H groups in total. The Balaban J connectivity index is 1.99. The van der Waals surface area contributed by atoms with Gasteiger partial charge in [0, 0.05) is 12.8 Å². The third-order valence-corrected chi connectivity index (χ3v) is 4.61. The van der Waals surface area contributed by atoms with Crippen LogP contribution in [0.3, 0.4) is 0 Å². The Labute approximate surface area is 186 Å². The van der Waals surface area contributed by atoms with Gasteiger partial charge in [0.15, 0.2) is 6.10 Å². The standard InChI is InChI=1S/C21H29ClN4O5/c1-6-16(20(29)23-12(2)19(28)26-31-21(3,4)5)30-17-9-7-13(11-14(17)22)15-8-10-18(27)25-24-15/h7,9,11-12,16H,6,8,10H2,1-5H3,(H,23,29)(H,25,27)(H,26,28). The predicted octanol–water partition coefficient (Wildman–Crippen LogP) is 2.46. The van der Waals surface area contributed by atoms with Gasteiger partial charge in [-0.1, -0.05) is 18.5 Å². The molecule has 1 aromatic carbocycles. The lowest BCUT2D eigenvalue weighted by molar-refractivity contribution is -0.149. The van der Waals surface area contributed by atoms with Crippen molar-refractivity contribution < 1.29 is 24.0 Å². The van der Waals surface area contributed by atoms with Gasteiger partial charge in [0.05, 0.1) is 16.3 Å². The average molecular weight is 453 g/mol. The lowest BCUT2D eigenvalue weighted by Gasteiger charge is -2.23. The number of nitrogens with one attached hydrogen (secondary N) is 3. The molecule has 1 aromatic rings. The maximum absolute atomic E-state index is 12.6. The molecule has 10 heteroatoms. The fraction of sp³-hybridized carbons (Fsp3) is 0.524. The van der Waals surface area contributed by atoms with Gasteiger partial charge in [-0.25, -0.2) is 10.9 Å². The van der Waals surface area contributed by atoms with Gasteiger partial charge < -0.3 is 10.1 Å². The van der Waals surface area contributed by atoms with Crippen molar-refractivity contribution in [2.24, 2.45) is 5.10 Å². The van der Waals surface area contributed by atoms with Crippen LogP contribution in [0.15, 0.2) is 23.3 Å². The number of ether oxygens (including phenoxy) is 1. The number of amides is 3. The van der Waals surface area contributed by atoms with Crippen molar-refractivity contribution in [2.75, 3.05) is 0 Å². The number of hydrazone groups is 1. The zero-order valence-corrected chi connectivity index (χ0v) is 19.1. The van der Waals surface area contributed by atoms with Crippen LogP contribution in [0.25, 0.3) is 0 Å². The molecule has 0 radical (unpaired) electrons. The molecule has 0 saturated carbocycles. The summed E-state index contributed by atoms with van der Waals surface area (Å²) < 4.78 is 5.79. The predicted molar refractivity (Wildman–Crippen MR) is 117 cm³/mol. The van der Waals surface area contributed by atoms with Crippen LogP contribution in [0.5, 0.6) is 5.75 Å². The number of hydrogen-bond acceptors (Lipinski definition) is 6. The first-order valence-corrected chi connectivity index (χ1v) is 10.5. The smallest absolute Gasteiger partial charge is 0.265 e. The Bertz CT molecular complexity index is 866. The number of carbonyl (C=O) groups excluding carboxylic acids is 3. The summed E-state index contributed by atoms with van der Waals surface area (Å²) in [6, 6.07) is 4.28. The van der Waals surface area contributed by atoms with Crippen molar-refractivity contribution >= 4 is 35.0 Å². The molecule has 0 aliphatic carbocycles. The number of halogens is 1. The van der Waals surface area contributed by atoms with Crippen LogP contribution < -0.4 is 21.0 Å². The van der Waals surface area contributed by atoms with Gasteiger partial charge in [-0.3, -0.25) is 19.2 Å². The minimum atomic E-state index is -0.839. The van der Waals surface area contributed by atoms with Gasteiger partial charge in [0.1, 0.15) is 11.8 Å². The summed E-state index contributed by atoms with van der Waals surface area (Å²) in [5, 5.41) is 6.97. The van der Waals surface area contributed by atoms with E-state index in [1.165, 1.54) is 0 Å². The molecule has 31 heavy (non-hydrogen) atoms. The summed E-state index contributed by atoms with van der Waals surface area (Å²) in [4.78, 5) is 41.2. The number of benzene rings is 1. The quantitative estimate of drug-likeness (QED) is 0.523. The Hall–Kier alpha value is -2.65. The molecule has 1 aliphatic rings. The summed E-state index contributed by atoms with van der Waals surface area (Å²) >= 11 is 6.34. The van der Waals surface area contributed by atoms with Crippen molar-refractivity contribution in [2.45, 2.75) is 71.6 Å². The lowest BCUT2D eigenvalue weighted by Crippen LogP contribution is -2.50. The van der Waals surface area contributed by atoms with Crippen molar-refractivity contribution in [1.82, 2.24) is 16.2 Å². The molecule has 0 fully saturated rings. The molecule has 1 aliphatic heterocycles. The molecule has 0 bridgehead atoms. The van der Waals surface area contributed by atoms with E-state index in [-0.39, 0.29) is 5.91 Å². The topological polar surface area (TPSA) is 118 Å². The summed E-state index contributed by atoms with van der Waals surface area (Å²) in [5.74, 6) is -0.707. The lowest BCUT2D eigenvalue weighted by atomic mass is 10.0. The molecule has 9 nitrogen and oxygen atoms in total. The highest BCUT2D eigenvalue weighted by Crippen LogP contribution is 2.28. The van der Waals surface area contributed by atoms with E-state index >= 15 is 0 Å². The first kappa shape index (κ1) is 24.6. The van der Waals surface area contributed by atoms with E-state index in [0.717, 1.165) is 11.3 Å². The Kier molecular flexibility index (Phi) is 8.41. The maximum Gasteiger partial charge on any atom is 0.265 e. The van der Waals surface area contributed by atoms with Gasteiger partial charge in [0.25, 0.3) is 11.8 Å². The van der Waals surface area contributed by atoms with E-state index in [0.29, 0.717) is 30.0 Å². The van der Waals surface area contributed by atoms with E-state index < -0.39 is 29.6 Å². The molecule has 0 saturated heterocycles. The second-order valence-corrected chi connectivity index (χ2v) is 8.57. The number of carbonyl (C=O) groups is 3. The third-order valence-electron chi connectivity index (χ3n) is 4.31. The second-order valence-electron chi connectivity index (χ2n) is 8.16. The van der Waals surface area contributed by atoms with Gasteiger partial charge in [-0.15, -0.1) is 0 Å². The number of rotatable bonds is 8. The van der Waals surface area contributed by atoms with E-state index in [9.17, 15) is 14.4 Å². The van der Waals surface area contributed by atoms with Crippen LogP contribution in [0, 0.1) is 0 Å². The maximum atomic E-state index is 12.6. The fourth-order valence-electron chi connectivity index (χ4n) is 2.60. The molecule has 2 atom stereocenters. The van der Waals surface area contributed by atoms with Crippen molar-refractivity contribution in [1.29, 1.82) is 0 Å². The van der Waals surface area contributed by atoms with E-state index in [1.54, 1.807) is 52.8 Å². The molecule has 1 heterocycles. The minimum Gasteiger partial charge on any atom is -0.479 e. The Morgan fingerprint density at radius 2 is 1.97 bits per heavy atom. The van der Waals surface area contributed by atoms with Crippen molar-refractivity contribution in [3.63, 3.8) is 0 Å². The van der Waals surface area contributed by atoms with Crippen LogP contribution in [0.2, 0.25) is 5.02 Å². The molecule has 2 rings (SSSR count). The number of hydroxylamine groups is 1. The SMILES string of the molecule is CCC(Oc1ccc(C2=NNC(=O)CC2)cc1Cl)C(=O)NC(C)C(=O)NOC(C)(C)C. The average Bonchev–Trinajstić information content (AvgIpc) is 2.70. The van der Waals surface area contributed by atoms with Gasteiger partial charge >= 0.3 is 0 Å². The number of nitrogens with zero attached hydrogens (tertiary/aromatic N) is 1. The van der Waals surface area contributed by atoms with E-state index in [4.69, 9.17) is 21.2 Å². The molecular formula is C21H29ClN4O5. The summed E-state index contributed by atoms with van der Waals surface area (Å²) in [7, 11) is 0. The van der Waals surface area contributed by atoms with Crippen LogP contribution in [-0.4, -0.2) is 41.2 Å². The van der Waals surface area contributed by atoms with Gasteiger partial charge in [-0.2, -0.15) is 5.10 Å². The zero-order valence-electron chi connectivity index (χ0n) is 18.4. The van der Waals surface area contributed by atoms with Crippen molar-refractivity contribution in [3.8, 4) is 5.75 Å². The molecular weight excluding hydrogens is 424 g/mol. The van der Waals surface area contributed by atoms with E-state index in [1.807, 2.05) is 0 Å². The van der Waals surface area contributed by atoms with Crippen LogP contribution >= 0.6 is 11.6 Å². The summed E-state index contributed by atoms with van der Waals surface area (Å²) in [6.07, 6.45) is 0.407. The molecule has 2 unspecified atom stereocenters. The monoisotopic (exact) mass is 452 g/mol. The highest BCUT2D eigenvalue weighted by molar-refractivity contribution is 6.32. The molecule has 170 valence electrons. The van der Waals surface area contributed by atoms with Gasteiger partial charge in [-0.05, 0) is 57.9 Å². The van der Waals surface area contributed by atoms with Crippen LogP contribution in [0.4, 0.5) is 0 Å². The second kappa shape index (κ2) is 10.6. The third kappa shape index (κ3) is 7.52. The fourth-order valence-corrected chi connectivity index (χ4v) is 2.82. The summed E-state index contributed by atoms with van der Waals surface area (Å²) in [6.45, 7) is 8.73. The number of hydrogen-bond donors (Lipinski definition) is 3.